The third-order valence-electron chi connectivity index (χ3n) is 6.60. The molecule has 9 heteroatoms. The minimum absolute atomic E-state index is 0.106. The van der Waals surface area contributed by atoms with E-state index in [1.54, 1.807) is 0 Å². The number of phenols is 2. The van der Waals surface area contributed by atoms with Gasteiger partial charge in [-0.25, -0.2) is 0 Å². The molecule has 0 aliphatic heterocycles. The summed E-state index contributed by atoms with van der Waals surface area (Å²) in [5, 5.41) is 20.4. The molecule has 0 aliphatic carbocycles. The number of carbonyl (C=O) groups is 2. The molecule has 0 aliphatic rings. The highest BCUT2D eigenvalue weighted by Gasteiger charge is 2.20. The molecule has 0 fully saturated rings. The van der Waals surface area contributed by atoms with Gasteiger partial charge in [0.2, 0.25) is 0 Å². The Hall–Kier alpha value is -2.75. The van der Waals surface area contributed by atoms with Crippen LogP contribution in [0.25, 0.3) is 0 Å². The molecule has 0 aromatic heterocycles. The lowest BCUT2D eigenvalue weighted by atomic mass is 9.83. The molecule has 0 spiro atoms. The van der Waals surface area contributed by atoms with Crippen LogP contribution >= 0.6 is 12.6 Å². The lowest BCUT2D eigenvalue weighted by molar-refractivity contribution is -0.146. The molecule has 0 bridgehead atoms. The second-order valence-electron chi connectivity index (χ2n) is 11.3. The van der Waals surface area contributed by atoms with Gasteiger partial charge in [0.1, 0.15) is 24.7 Å². The molecule has 0 radical (unpaired) electrons. The van der Waals surface area contributed by atoms with E-state index >= 15 is 0 Å². The molecule has 1 atom stereocenters. The van der Waals surface area contributed by atoms with Gasteiger partial charge in [-0.05, 0) is 66.8 Å². The number of phenolic OH excluding ortho intramolecular Hbond substituents is 2. The van der Waals surface area contributed by atoms with Gasteiger partial charge in [0, 0.05) is 23.7 Å². The van der Waals surface area contributed by atoms with Crippen LogP contribution in [0.3, 0.4) is 0 Å². The molecular formula is C32H46O8S. The summed E-state index contributed by atoms with van der Waals surface area (Å²) in [4.78, 5) is 24.1. The molecule has 1 unspecified atom stereocenters. The van der Waals surface area contributed by atoms with Crippen molar-refractivity contribution >= 4 is 24.6 Å². The quantitative estimate of drug-likeness (QED) is 0.130. The summed E-state index contributed by atoms with van der Waals surface area (Å²) < 4.78 is 21.3. The molecule has 0 amide bonds. The summed E-state index contributed by atoms with van der Waals surface area (Å²) in [5.41, 5.74) is 4.93. The number of esters is 2. The number of carbonyl (C=O) groups excluding carboxylic acids is 2. The first-order chi connectivity index (χ1) is 19.3. The smallest absolute Gasteiger partial charge is 0.306 e. The maximum Gasteiger partial charge on any atom is 0.306 e. The van der Waals surface area contributed by atoms with Gasteiger partial charge in [-0.2, -0.15) is 12.6 Å². The van der Waals surface area contributed by atoms with Crippen LogP contribution in [-0.2, 0) is 46.8 Å². The van der Waals surface area contributed by atoms with Crippen molar-refractivity contribution in [2.24, 2.45) is 0 Å². The van der Waals surface area contributed by atoms with Crippen LogP contribution in [0.4, 0.5) is 0 Å². The third kappa shape index (κ3) is 11.9. The maximum atomic E-state index is 12.1. The normalized spacial score (nSPS) is 12.3. The fourth-order valence-electron chi connectivity index (χ4n) is 4.30. The Balaban J connectivity index is 1.51. The SMILES string of the molecule is Cc1cc(CCC(=O)OCCOCCOCCOC(=O)CCc2cc(C)c(O)c(C(C)(C)C)c2)cc(C(C)S)c1O. The molecule has 8 nitrogen and oxygen atoms in total. The zero-order chi connectivity index (χ0) is 30.6. The van der Waals surface area contributed by atoms with Gasteiger partial charge in [-0.1, -0.05) is 45.0 Å². The first-order valence-corrected chi connectivity index (χ1v) is 14.6. The van der Waals surface area contributed by atoms with E-state index in [4.69, 9.17) is 18.9 Å². The molecular weight excluding hydrogens is 544 g/mol. The number of hydrogen-bond donors (Lipinski definition) is 3. The predicted molar refractivity (Wildman–Crippen MR) is 162 cm³/mol. The highest BCUT2D eigenvalue weighted by atomic mass is 32.1. The number of ether oxygens (including phenoxy) is 4. The first-order valence-electron chi connectivity index (χ1n) is 14.1. The number of aryl methyl sites for hydroxylation is 4. The van der Waals surface area contributed by atoms with Gasteiger partial charge < -0.3 is 29.2 Å². The van der Waals surface area contributed by atoms with E-state index in [-0.39, 0.29) is 67.6 Å². The van der Waals surface area contributed by atoms with E-state index in [1.165, 1.54) is 0 Å². The van der Waals surface area contributed by atoms with Crippen molar-refractivity contribution in [2.45, 2.75) is 77.9 Å². The molecule has 2 aromatic rings. The molecule has 0 saturated heterocycles. The second-order valence-corrected chi connectivity index (χ2v) is 12.0. The largest absolute Gasteiger partial charge is 0.507 e. The van der Waals surface area contributed by atoms with E-state index in [9.17, 15) is 19.8 Å². The van der Waals surface area contributed by atoms with Gasteiger partial charge in [0.25, 0.3) is 0 Å². The number of rotatable bonds is 16. The van der Waals surface area contributed by atoms with Crippen molar-refractivity contribution in [3.63, 3.8) is 0 Å². The monoisotopic (exact) mass is 590 g/mol. The van der Waals surface area contributed by atoms with Crippen LogP contribution in [0.2, 0.25) is 0 Å². The number of benzene rings is 2. The average molecular weight is 591 g/mol. The lowest BCUT2D eigenvalue weighted by Crippen LogP contribution is -2.15. The fourth-order valence-corrected chi connectivity index (χ4v) is 4.50. The maximum absolute atomic E-state index is 12.1. The predicted octanol–water partition coefficient (Wildman–Crippen LogP) is 5.69. The topological polar surface area (TPSA) is 112 Å². The summed E-state index contributed by atoms with van der Waals surface area (Å²) >= 11 is 4.40. The first kappa shape index (κ1) is 34.5. The molecule has 228 valence electrons. The minimum Gasteiger partial charge on any atom is -0.507 e. The van der Waals surface area contributed by atoms with Crippen molar-refractivity contribution in [2.75, 3.05) is 39.6 Å². The second kappa shape index (κ2) is 16.6. The van der Waals surface area contributed by atoms with E-state index in [0.717, 1.165) is 33.4 Å². The molecule has 41 heavy (non-hydrogen) atoms. The van der Waals surface area contributed by atoms with Crippen LogP contribution in [0.15, 0.2) is 24.3 Å². The van der Waals surface area contributed by atoms with Crippen LogP contribution in [-0.4, -0.2) is 61.8 Å². The number of hydrogen-bond acceptors (Lipinski definition) is 9. The summed E-state index contributed by atoms with van der Waals surface area (Å²) in [5.74, 6) is -0.0613. The van der Waals surface area contributed by atoms with Crippen LogP contribution in [0.1, 0.15) is 79.2 Å². The zero-order valence-electron chi connectivity index (χ0n) is 25.2. The Morgan fingerprint density at radius 3 is 1.66 bits per heavy atom. The van der Waals surface area contributed by atoms with Gasteiger partial charge in [-0.15, -0.1) is 0 Å². The Labute approximate surface area is 249 Å². The molecule has 2 rings (SSSR count). The van der Waals surface area contributed by atoms with Gasteiger partial charge >= 0.3 is 11.9 Å². The van der Waals surface area contributed by atoms with E-state index in [2.05, 4.69) is 12.6 Å². The van der Waals surface area contributed by atoms with E-state index in [1.807, 2.05) is 65.8 Å². The van der Waals surface area contributed by atoms with Crippen molar-refractivity contribution < 1.29 is 38.7 Å². The third-order valence-corrected chi connectivity index (χ3v) is 6.88. The average Bonchev–Trinajstić information content (AvgIpc) is 2.89. The Kier molecular flexibility index (Phi) is 14.0. The molecule has 2 N–H and O–H groups in total. The van der Waals surface area contributed by atoms with Crippen LogP contribution in [0.5, 0.6) is 11.5 Å². The lowest BCUT2D eigenvalue weighted by Gasteiger charge is -2.22. The Bertz CT molecular complexity index is 1150. The summed E-state index contributed by atoms with van der Waals surface area (Å²) in [7, 11) is 0. The summed E-state index contributed by atoms with van der Waals surface area (Å²) in [6, 6.07) is 7.60. The van der Waals surface area contributed by atoms with Gasteiger partial charge in [0.15, 0.2) is 0 Å². The highest BCUT2D eigenvalue weighted by Crippen LogP contribution is 2.34. The van der Waals surface area contributed by atoms with Crippen molar-refractivity contribution in [1.29, 1.82) is 0 Å². The van der Waals surface area contributed by atoms with Crippen molar-refractivity contribution in [1.82, 2.24) is 0 Å². The number of thiol groups is 1. The summed E-state index contributed by atoms with van der Waals surface area (Å²) in [6.07, 6.45) is 1.54. The van der Waals surface area contributed by atoms with Crippen LogP contribution in [0, 0.1) is 13.8 Å². The number of aromatic hydroxyl groups is 2. The molecule has 0 saturated carbocycles. The fraction of sp³-hybridized carbons (Fsp3) is 0.562. The minimum atomic E-state index is -0.312. The zero-order valence-corrected chi connectivity index (χ0v) is 26.1. The Morgan fingerprint density at radius 1 is 0.756 bits per heavy atom. The van der Waals surface area contributed by atoms with Gasteiger partial charge in [-0.3, -0.25) is 9.59 Å². The standard InChI is InChI=1S/C32H46O8S/c1-21-17-24(19-26(23(3)41)30(21)35)7-9-28(33)39-15-13-37-11-12-38-14-16-40-29(34)10-8-25-18-22(2)31(36)27(20-25)32(4,5)6/h17-20,23,35-36,41H,7-16H2,1-6H3. The molecule has 0 heterocycles. The van der Waals surface area contributed by atoms with Gasteiger partial charge in [0.05, 0.1) is 26.4 Å². The molecule has 2 aromatic carbocycles. The highest BCUT2D eigenvalue weighted by molar-refractivity contribution is 7.80. The summed E-state index contributed by atoms with van der Waals surface area (Å²) in [6.45, 7) is 13.2. The van der Waals surface area contributed by atoms with Crippen molar-refractivity contribution in [3.05, 3.63) is 57.6 Å². The van der Waals surface area contributed by atoms with E-state index in [0.29, 0.717) is 31.8 Å². The van der Waals surface area contributed by atoms with Crippen LogP contribution < -0.4 is 0 Å². The Morgan fingerprint density at radius 2 is 1.20 bits per heavy atom. The van der Waals surface area contributed by atoms with Crippen molar-refractivity contribution in [3.8, 4) is 11.5 Å². The van der Waals surface area contributed by atoms with E-state index < -0.39 is 0 Å².